The lowest BCUT2D eigenvalue weighted by Gasteiger charge is -2.21. The van der Waals surface area contributed by atoms with E-state index in [2.05, 4.69) is 56.3 Å². The Balaban J connectivity index is 2.31. The number of aromatic nitrogens is 2. The molecule has 0 spiro atoms. The Bertz CT molecular complexity index is 578. The molecule has 0 aliphatic rings. The zero-order valence-electron chi connectivity index (χ0n) is 13.9. The van der Waals surface area contributed by atoms with E-state index < -0.39 is 0 Å². The maximum absolute atomic E-state index is 4.41. The van der Waals surface area contributed by atoms with E-state index >= 15 is 0 Å². The molecular formula is C18H27N3. The second-order valence-corrected chi connectivity index (χ2v) is 5.89. The average Bonchev–Trinajstić information content (AvgIpc) is 2.78. The van der Waals surface area contributed by atoms with Crippen molar-refractivity contribution in [2.45, 2.75) is 46.6 Å². The van der Waals surface area contributed by atoms with Gasteiger partial charge in [-0.3, -0.25) is 4.68 Å². The normalized spacial score (nSPS) is 12.6. The van der Waals surface area contributed by atoms with Crippen molar-refractivity contribution in [2.24, 2.45) is 7.05 Å². The van der Waals surface area contributed by atoms with Gasteiger partial charge in [0, 0.05) is 24.3 Å². The highest BCUT2D eigenvalue weighted by atomic mass is 15.3. The molecule has 0 bridgehead atoms. The Kier molecular flexibility index (Phi) is 5.18. The molecule has 0 saturated carbocycles. The lowest BCUT2D eigenvalue weighted by molar-refractivity contribution is 0.524. The fourth-order valence-corrected chi connectivity index (χ4v) is 2.84. The number of aryl methyl sites for hydroxylation is 3. The summed E-state index contributed by atoms with van der Waals surface area (Å²) in [6.07, 6.45) is 4.17. The number of hydrogen-bond acceptors (Lipinski definition) is 2. The first-order valence-corrected chi connectivity index (χ1v) is 7.81. The monoisotopic (exact) mass is 285 g/mol. The lowest BCUT2D eigenvalue weighted by atomic mass is 9.93. The van der Waals surface area contributed by atoms with Crippen LogP contribution in [0.5, 0.6) is 0 Å². The van der Waals surface area contributed by atoms with Gasteiger partial charge in [-0.1, -0.05) is 25.1 Å². The van der Waals surface area contributed by atoms with Crippen LogP contribution in [-0.2, 0) is 13.5 Å². The van der Waals surface area contributed by atoms with Crippen molar-refractivity contribution in [1.82, 2.24) is 15.1 Å². The highest BCUT2D eigenvalue weighted by Gasteiger charge is 2.18. The van der Waals surface area contributed by atoms with Crippen LogP contribution < -0.4 is 5.32 Å². The molecule has 3 nitrogen and oxygen atoms in total. The highest BCUT2D eigenvalue weighted by molar-refractivity contribution is 5.35. The van der Waals surface area contributed by atoms with Crippen LogP contribution in [0.15, 0.2) is 24.4 Å². The predicted molar refractivity (Wildman–Crippen MR) is 88.6 cm³/mol. The molecule has 21 heavy (non-hydrogen) atoms. The van der Waals surface area contributed by atoms with Crippen molar-refractivity contribution in [2.75, 3.05) is 6.54 Å². The SMILES string of the molecule is CCCNC(Cc1c(C)cccc1C)c1cnn(C)c1C. The number of nitrogens with one attached hydrogen (secondary N) is 1. The molecule has 0 aliphatic heterocycles. The molecule has 1 atom stereocenters. The lowest BCUT2D eigenvalue weighted by Crippen LogP contribution is -2.25. The first kappa shape index (κ1) is 15.8. The third-order valence-electron chi connectivity index (χ3n) is 4.34. The van der Waals surface area contributed by atoms with E-state index in [4.69, 9.17) is 0 Å². The van der Waals surface area contributed by atoms with Crippen LogP contribution in [0.25, 0.3) is 0 Å². The van der Waals surface area contributed by atoms with Crippen molar-refractivity contribution in [3.8, 4) is 0 Å². The largest absolute Gasteiger partial charge is 0.310 e. The summed E-state index contributed by atoms with van der Waals surface area (Å²) < 4.78 is 1.96. The molecule has 1 unspecified atom stereocenters. The van der Waals surface area contributed by atoms with Crippen LogP contribution >= 0.6 is 0 Å². The van der Waals surface area contributed by atoms with Crippen LogP contribution in [0.2, 0.25) is 0 Å². The second kappa shape index (κ2) is 6.90. The Hall–Kier alpha value is -1.61. The topological polar surface area (TPSA) is 29.9 Å². The Morgan fingerprint density at radius 2 is 1.86 bits per heavy atom. The van der Waals surface area contributed by atoms with Crippen LogP contribution in [0.1, 0.15) is 47.3 Å². The summed E-state index contributed by atoms with van der Waals surface area (Å²) in [7, 11) is 2.01. The molecular weight excluding hydrogens is 258 g/mol. The number of rotatable bonds is 6. The summed E-state index contributed by atoms with van der Waals surface area (Å²) in [5.74, 6) is 0. The van der Waals surface area contributed by atoms with Crippen molar-refractivity contribution in [3.05, 3.63) is 52.3 Å². The molecule has 1 aromatic heterocycles. The van der Waals surface area contributed by atoms with E-state index in [0.29, 0.717) is 6.04 Å². The fourth-order valence-electron chi connectivity index (χ4n) is 2.84. The molecule has 1 N–H and O–H groups in total. The van der Waals surface area contributed by atoms with E-state index in [1.165, 1.54) is 27.9 Å². The summed E-state index contributed by atoms with van der Waals surface area (Å²) in [6, 6.07) is 6.88. The Labute approximate surface area is 128 Å². The average molecular weight is 285 g/mol. The third-order valence-corrected chi connectivity index (χ3v) is 4.34. The van der Waals surface area contributed by atoms with Gasteiger partial charge in [0.25, 0.3) is 0 Å². The van der Waals surface area contributed by atoms with Crippen molar-refractivity contribution < 1.29 is 0 Å². The van der Waals surface area contributed by atoms with Gasteiger partial charge in [-0.05, 0) is 56.8 Å². The molecule has 1 aromatic carbocycles. The first-order chi connectivity index (χ1) is 10.0. The zero-order valence-corrected chi connectivity index (χ0v) is 13.9. The van der Waals surface area contributed by atoms with Crippen LogP contribution in [0, 0.1) is 20.8 Å². The maximum atomic E-state index is 4.41. The summed E-state index contributed by atoms with van der Waals surface area (Å²) in [5.41, 5.74) is 6.76. The van der Waals surface area contributed by atoms with E-state index in [0.717, 1.165) is 19.4 Å². The molecule has 2 rings (SSSR count). The van der Waals surface area contributed by atoms with Gasteiger partial charge in [0.1, 0.15) is 0 Å². The van der Waals surface area contributed by atoms with Crippen molar-refractivity contribution in [1.29, 1.82) is 0 Å². The second-order valence-electron chi connectivity index (χ2n) is 5.89. The molecule has 0 fully saturated rings. The minimum Gasteiger partial charge on any atom is -0.310 e. The first-order valence-electron chi connectivity index (χ1n) is 7.81. The number of benzene rings is 1. The van der Waals surface area contributed by atoms with Gasteiger partial charge in [-0.2, -0.15) is 5.10 Å². The highest BCUT2D eigenvalue weighted by Crippen LogP contribution is 2.25. The third kappa shape index (κ3) is 3.53. The number of hydrogen-bond donors (Lipinski definition) is 1. The van der Waals surface area contributed by atoms with Gasteiger partial charge in [0.2, 0.25) is 0 Å². The molecule has 0 saturated heterocycles. The van der Waals surface area contributed by atoms with E-state index in [9.17, 15) is 0 Å². The predicted octanol–water partition coefficient (Wildman–Crippen LogP) is 3.63. The maximum Gasteiger partial charge on any atom is 0.0540 e. The van der Waals surface area contributed by atoms with E-state index in [-0.39, 0.29) is 0 Å². The molecule has 3 heteroatoms. The summed E-state index contributed by atoms with van der Waals surface area (Å²) in [5, 5.41) is 8.10. The fraction of sp³-hybridized carbons (Fsp3) is 0.500. The van der Waals surface area contributed by atoms with Gasteiger partial charge in [-0.25, -0.2) is 0 Å². The van der Waals surface area contributed by atoms with Gasteiger partial charge >= 0.3 is 0 Å². The minimum atomic E-state index is 0.332. The molecule has 0 radical (unpaired) electrons. The standard InChI is InChI=1S/C18H27N3/c1-6-10-19-18(17-12-20-21(5)15(17)4)11-16-13(2)8-7-9-14(16)3/h7-9,12,18-19H,6,10-11H2,1-5H3. The molecule has 2 aromatic rings. The van der Waals surface area contributed by atoms with Crippen molar-refractivity contribution in [3.63, 3.8) is 0 Å². The summed E-state index contributed by atoms with van der Waals surface area (Å²) >= 11 is 0. The minimum absolute atomic E-state index is 0.332. The molecule has 0 aliphatic carbocycles. The number of nitrogens with zero attached hydrogens (tertiary/aromatic N) is 2. The molecule has 114 valence electrons. The smallest absolute Gasteiger partial charge is 0.0540 e. The van der Waals surface area contributed by atoms with Crippen LogP contribution in [0.3, 0.4) is 0 Å². The van der Waals surface area contributed by atoms with Crippen molar-refractivity contribution >= 4 is 0 Å². The zero-order chi connectivity index (χ0) is 15.4. The van der Waals surface area contributed by atoms with Crippen LogP contribution in [-0.4, -0.2) is 16.3 Å². The van der Waals surface area contributed by atoms with Gasteiger partial charge < -0.3 is 5.32 Å². The van der Waals surface area contributed by atoms with E-state index in [1.54, 1.807) is 0 Å². The quantitative estimate of drug-likeness (QED) is 0.878. The van der Waals surface area contributed by atoms with Gasteiger partial charge in [0.15, 0.2) is 0 Å². The Morgan fingerprint density at radius 3 is 2.38 bits per heavy atom. The van der Waals surface area contributed by atoms with Gasteiger partial charge in [0.05, 0.1) is 6.20 Å². The van der Waals surface area contributed by atoms with Crippen LogP contribution in [0.4, 0.5) is 0 Å². The molecule has 0 amide bonds. The van der Waals surface area contributed by atoms with Gasteiger partial charge in [-0.15, -0.1) is 0 Å². The van der Waals surface area contributed by atoms with E-state index in [1.807, 2.05) is 17.9 Å². The molecule has 1 heterocycles. The Morgan fingerprint density at radius 1 is 1.19 bits per heavy atom. The summed E-state index contributed by atoms with van der Waals surface area (Å²) in [4.78, 5) is 0. The summed E-state index contributed by atoms with van der Waals surface area (Å²) in [6.45, 7) is 9.79.